The molecule has 0 bridgehead atoms. The molecule has 0 unspecified atom stereocenters. The van der Waals surface area contributed by atoms with Gasteiger partial charge in [-0.15, -0.1) is 0 Å². The Morgan fingerprint density at radius 2 is 0.615 bits per heavy atom. The SMILES string of the molecule is CC(C)(C)c1ccc2c(c1)CC2.CC(C)(C)c1ccc2c(c1)CCC2.CC(C)(C)c1ccc2c(c1)CCCC2. The summed E-state index contributed by atoms with van der Waals surface area (Å²) < 4.78 is 0. The van der Waals surface area contributed by atoms with Crippen molar-refractivity contribution in [3.8, 4) is 0 Å². The molecule has 3 aromatic carbocycles. The van der Waals surface area contributed by atoms with Gasteiger partial charge in [-0.25, -0.2) is 0 Å². The Kier molecular flexibility index (Phi) is 8.85. The number of hydrogen-bond donors (Lipinski definition) is 0. The van der Waals surface area contributed by atoms with E-state index in [1.165, 1.54) is 74.5 Å². The average molecular weight is 523 g/mol. The molecule has 0 fully saturated rings. The molecule has 0 aromatic heterocycles. The zero-order chi connectivity index (χ0) is 28.4. The molecule has 0 atom stereocenters. The highest BCUT2D eigenvalue weighted by Crippen LogP contribution is 2.31. The molecule has 0 radical (unpaired) electrons. The van der Waals surface area contributed by atoms with Crippen LogP contribution in [-0.4, -0.2) is 0 Å². The molecule has 0 heteroatoms. The number of aryl methyl sites for hydroxylation is 6. The molecule has 0 saturated heterocycles. The van der Waals surface area contributed by atoms with Gasteiger partial charge in [0.25, 0.3) is 0 Å². The minimum Gasteiger partial charge on any atom is -0.0585 e. The monoisotopic (exact) mass is 522 g/mol. The molecule has 0 amide bonds. The zero-order valence-electron chi connectivity index (χ0n) is 26.6. The molecule has 3 aliphatic rings. The quantitative estimate of drug-likeness (QED) is 0.275. The van der Waals surface area contributed by atoms with E-state index in [0.717, 1.165) is 0 Å². The van der Waals surface area contributed by atoms with E-state index in [-0.39, 0.29) is 0 Å². The van der Waals surface area contributed by atoms with E-state index in [9.17, 15) is 0 Å². The number of fused-ring (bicyclic) bond motifs is 3. The second kappa shape index (κ2) is 11.6. The van der Waals surface area contributed by atoms with Crippen LogP contribution < -0.4 is 0 Å². The van der Waals surface area contributed by atoms with Crippen molar-refractivity contribution >= 4 is 0 Å². The third kappa shape index (κ3) is 7.65. The third-order valence-corrected chi connectivity index (χ3v) is 8.92. The summed E-state index contributed by atoms with van der Waals surface area (Å²) in [5.41, 5.74) is 14.8. The van der Waals surface area contributed by atoms with E-state index < -0.39 is 0 Å². The first-order chi connectivity index (χ1) is 18.2. The first kappa shape index (κ1) is 29.6. The second-order valence-corrected chi connectivity index (χ2v) is 15.3. The predicted molar refractivity (Wildman–Crippen MR) is 172 cm³/mol. The smallest absolute Gasteiger partial charge is 0.0132 e. The number of hydrogen-bond acceptors (Lipinski definition) is 0. The van der Waals surface area contributed by atoms with E-state index in [2.05, 4.69) is 117 Å². The van der Waals surface area contributed by atoms with Crippen molar-refractivity contribution in [2.75, 3.05) is 0 Å². The van der Waals surface area contributed by atoms with Crippen LogP contribution in [0.1, 0.15) is 132 Å². The highest BCUT2D eigenvalue weighted by Gasteiger charge is 2.20. The van der Waals surface area contributed by atoms with Gasteiger partial charge in [-0.3, -0.25) is 0 Å². The van der Waals surface area contributed by atoms with Crippen LogP contribution in [0.2, 0.25) is 0 Å². The Morgan fingerprint density at radius 3 is 0.974 bits per heavy atom. The van der Waals surface area contributed by atoms with E-state index in [4.69, 9.17) is 0 Å². The van der Waals surface area contributed by atoms with Crippen molar-refractivity contribution in [1.29, 1.82) is 0 Å². The van der Waals surface area contributed by atoms with Gasteiger partial charge in [-0.1, -0.05) is 117 Å². The topological polar surface area (TPSA) is 0 Å². The fourth-order valence-electron chi connectivity index (χ4n) is 5.90. The summed E-state index contributed by atoms with van der Waals surface area (Å²) in [6, 6.07) is 21.0. The summed E-state index contributed by atoms with van der Waals surface area (Å²) in [6.45, 7) is 20.5. The minimum atomic E-state index is 0.298. The molecule has 0 N–H and O–H groups in total. The molecular weight excluding hydrogens is 468 g/mol. The van der Waals surface area contributed by atoms with Gasteiger partial charge >= 0.3 is 0 Å². The standard InChI is InChI=1S/C14H20.C13H18.C12H16/c1-14(2,3)13-9-8-11-6-4-5-7-12(11)10-13;1-13(2,3)12-8-7-10-5-4-6-11(10)9-12;1-12(2,3)11-7-6-9-4-5-10(9)8-11/h8-10H,4-7H2,1-3H3;7-9H,4-6H2,1-3H3;6-8H,4-5H2,1-3H3. The first-order valence-corrected chi connectivity index (χ1v) is 15.6. The predicted octanol–water partition coefficient (Wildman–Crippen LogP) is 10.4. The van der Waals surface area contributed by atoms with E-state index in [0.29, 0.717) is 16.2 Å². The largest absolute Gasteiger partial charge is 0.0585 e. The Balaban J connectivity index is 0.000000136. The van der Waals surface area contributed by atoms with Crippen molar-refractivity contribution in [2.45, 2.75) is 136 Å². The van der Waals surface area contributed by atoms with Crippen LogP contribution in [0.25, 0.3) is 0 Å². The van der Waals surface area contributed by atoms with Gasteiger partial charge < -0.3 is 0 Å². The summed E-state index contributed by atoms with van der Waals surface area (Å²) in [6.07, 6.45) is 11.8. The highest BCUT2D eigenvalue weighted by molar-refractivity contribution is 5.41. The Hall–Kier alpha value is -2.34. The summed E-state index contributed by atoms with van der Waals surface area (Å²) in [7, 11) is 0. The molecule has 0 saturated carbocycles. The van der Waals surface area contributed by atoms with E-state index >= 15 is 0 Å². The summed E-state index contributed by atoms with van der Waals surface area (Å²) in [5.74, 6) is 0. The second-order valence-electron chi connectivity index (χ2n) is 15.3. The van der Waals surface area contributed by atoms with Gasteiger partial charge in [0.15, 0.2) is 0 Å². The van der Waals surface area contributed by atoms with Crippen molar-refractivity contribution in [3.05, 3.63) is 105 Å². The van der Waals surface area contributed by atoms with Crippen LogP contribution in [0.3, 0.4) is 0 Å². The Labute approximate surface area is 240 Å². The molecule has 39 heavy (non-hydrogen) atoms. The van der Waals surface area contributed by atoms with Crippen LogP contribution in [0, 0.1) is 0 Å². The molecular formula is C39H54. The number of benzene rings is 3. The van der Waals surface area contributed by atoms with Crippen LogP contribution >= 0.6 is 0 Å². The van der Waals surface area contributed by atoms with Gasteiger partial charge in [-0.2, -0.15) is 0 Å². The van der Waals surface area contributed by atoms with Crippen LogP contribution in [0.5, 0.6) is 0 Å². The molecule has 3 aromatic rings. The molecule has 6 rings (SSSR count). The van der Waals surface area contributed by atoms with Gasteiger partial charge in [0.2, 0.25) is 0 Å². The molecule has 3 aliphatic carbocycles. The Bertz CT molecular complexity index is 1270. The normalized spacial score (nSPS) is 15.9. The van der Waals surface area contributed by atoms with Gasteiger partial charge in [0, 0.05) is 0 Å². The third-order valence-electron chi connectivity index (χ3n) is 8.92. The zero-order valence-corrected chi connectivity index (χ0v) is 26.6. The molecule has 0 nitrogen and oxygen atoms in total. The van der Waals surface area contributed by atoms with E-state index in [1.54, 1.807) is 33.4 Å². The van der Waals surface area contributed by atoms with E-state index in [1.807, 2.05) is 0 Å². The maximum atomic E-state index is 2.43. The minimum absolute atomic E-state index is 0.298. The van der Waals surface area contributed by atoms with Crippen molar-refractivity contribution in [1.82, 2.24) is 0 Å². The lowest BCUT2D eigenvalue weighted by Crippen LogP contribution is -2.15. The average Bonchev–Trinajstić information content (AvgIpc) is 3.32. The highest BCUT2D eigenvalue weighted by atomic mass is 14.2. The van der Waals surface area contributed by atoms with Crippen molar-refractivity contribution in [2.24, 2.45) is 0 Å². The molecule has 0 aliphatic heterocycles. The lowest BCUT2D eigenvalue weighted by Gasteiger charge is -2.25. The first-order valence-electron chi connectivity index (χ1n) is 15.6. The van der Waals surface area contributed by atoms with Crippen molar-refractivity contribution < 1.29 is 0 Å². The van der Waals surface area contributed by atoms with Crippen LogP contribution in [0.15, 0.2) is 54.6 Å². The number of rotatable bonds is 0. The fourth-order valence-corrected chi connectivity index (χ4v) is 5.90. The van der Waals surface area contributed by atoms with Gasteiger partial charge in [0.1, 0.15) is 0 Å². The van der Waals surface area contributed by atoms with Crippen molar-refractivity contribution in [3.63, 3.8) is 0 Å². The summed E-state index contributed by atoms with van der Waals surface area (Å²) in [4.78, 5) is 0. The maximum absolute atomic E-state index is 2.43. The van der Waals surface area contributed by atoms with Crippen LogP contribution in [0.4, 0.5) is 0 Å². The van der Waals surface area contributed by atoms with Gasteiger partial charge in [0.05, 0.1) is 0 Å². The lowest BCUT2D eigenvalue weighted by atomic mass is 9.80. The lowest BCUT2D eigenvalue weighted by molar-refractivity contribution is 0.585. The summed E-state index contributed by atoms with van der Waals surface area (Å²) >= 11 is 0. The maximum Gasteiger partial charge on any atom is -0.0132 e. The van der Waals surface area contributed by atoms with Gasteiger partial charge in [-0.05, 0) is 124 Å². The summed E-state index contributed by atoms with van der Waals surface area (Å²) in [5, 5.41) is 0. The molecule has 210 valence electrons. The Morgan fingerprint density at radius 1 is 0.333 bits per heavy atom. The fraction of sp³-hybridized carbons (Fsp3) is 0.538. The van der Waals surface area contributed by atoms with Crippen LogP contribution in [-0.2, 0) is 54.8 Å². The molecule has 0 heterocycles. The molecule has 0 spiro atoms.